The van der Waals surface area contributed by atoms with Gasteiger partial charge in [-0.1, -0.05) is 25.2 Å². The summed E-state index contributed by atoms with van der Waals surface area (Å²) in [6, 6.07) is 0. The summed E-state index contributed by atoms with van der Waals surface area (Å²) in [5.41, 5.74) is 2.47. The van der Waals surface area contributed by atoms with Gasteiger partial charge in [-0.2, -0.15) is 5.10 Å². The third-order valence-corrected chi connectivity index (χ3v) is 7.01. The zero-order valence-corrected chi connectivity index (χ0v) is 17.9. The molecule has 5 rings (SSSR count). The molecule has 8 heteroatoms. The molecule has 150 valence electrons. The number of piperidine rings is 1. The predicted octanol–water partition coefficient (Wildman–Crippen LogP) is 3.53. The van der Waals surface area contributed by atoms with E-state index in [4.69, 9.17) is 10.1 Å². The highest BCUT2D eigenvalue weighted by Gasteiger charge is 2.28. The fourth-order valence-electron chi connectivity index (χ4n) is 4.71. The van der Waals surface area contributed by atoms with E-state index in [9.17, 15) is 0 Å². The highest BCUT2D eigenvalue weighted by atomic mass is 32.1. The van der Waals surface area contributed by atoms with Gasteiger partial charge in [0.15, 0.2) is 0 Å². The molecular formula is C20H29N7S. The molecule has 28 heavy (non-hydrogen) atoms. The van der Waals surface area contributed by atoms with Crippen LogP contribution in [0.5, 0.6) is 0 Å². The molecule has 0 aliphatic carbocycles. The van der Waals surface area contributed by atoms with E-state index in [0.717, 1.165) is 55.4 Å². The van der Waals surface area contributed by atoms with Crippen LogP contribution in [-0.4, -0.2) is 47.4 Å². The van der Waals surface area contributed by atoms with Crippen LogP contribution in [0.25, 0.3) is 4.96 Å². The van der Waals surface area contributed by atoms with Crippen molar-refractivity contribution in [1.82, 2.24) is 34.3 Å². The van der Waals surface area contributed by atoms with E-state index in [0.29, 0.717) is 11.8 Å². The van der Waals surface area contributed by atoms with Crippen LogP contribution >= 0.6 is 11.3 Å². The SMILES string of the molecule is Cc1nn2c(CN3CCC(c4nnc5n4CCCC5)CC3)c(C(C)C)nc2s1. The molecule has 0 atom stereocenters. The molecule has 2 aliphatic rings. The molecule has 0 bridgehead atoms. The van der Waals surface area contributed by atoms with Crippen LogP contribution in [0.15, 0.2) is 0 Å². The lowest BCUT2D eigenvalue weighted by molar-refractivity contribution is 0.196. The van der Waals surface area contributed by atoms with Gasteiger partial charge in [-0.15, -0.1) is 10.2 Å². The Kier molecular flexibility index (Phi) is 4.71. The number of aryl methyl sites for hydroxylation is 2. The Morgan fingerprint density at radius 3 is 2.71 bits per heavy atom. The normalized spacial score (nSPS) is 19.0. The Labute approximate surface area is 169 Å². The molecular weight excluding hydrogens is 370 g/mol. The first-order valence-corrected chi connectivity index (χ1v) is 11.4. The van der Waals surface area contributed by atoms with E-state index in [1.807, 2.05) is 0 Å². The van der Waals surface area contributed by atoms with Gasteiger partial charge in [0.2, 0.25) is 4.96 Å². The molecule has 0 aromatic carbocycles. The summed E-state index contributed by atoms with van der Waals surface area (Å²) < 4.78 is 4.48. The predicted molar refractivity (Wildman–Crippen MR) is 110 cm³/mol. The van der Waals surface area contributed by atoms with Crippen molar-refractivity contribution in [2.45, 2.75) is 77.8 Å². The number of aromatic nitrogens is 6. The highest BCUT2D eigenvalue weighted by Crippen LogP contribution is 2.31. The zero-order valence-electron chi connectivity index (χ0n) is 17.1. The molecule has 2 aliphatic heterocycles. The van der Waals surface area contributed by atoms with Crippen molar-refractivity contribution < 1.29 is 0 Å². The maximum Gasteiger partial charge on any atom is 0.212 e. The average Bonchev–Trinajstić information content (AvgIpc) is 3.36. The average molecular weight is 400 g/mol. The first kappa shape index (κ1) is 18.2. The summed E-state index contributed by atoms with van der Waals surface area (Å²) >= 11 is 1.68. The fraction of sp³-hybridized carbons (Fsp3) is 0.700. The van der Waals surface area contributed by atoms with Crippen LogP contribution in [0.1, 0.15) is 79.4 Å². The molecule has 3 aromatic rings. The Bertz CT molecular complexity index is 974. The summed E-state index contributed by atoms with van der Waals surface area (Å²) in [5.74, 6) is 3.40. The summed E-state index contributed by atoms with van der Waals surface area (Å²) in [6.45, 7) is 10.7. The maximum atomic E-state index is 4.87. The highest BCUT2D eigenvalue weighted by molar-refractivity contribution is 7.16. The molecule has 0 unspecified atom stereocenters. The largest absolute Gasteiger partial charge is 0.315 e. The van der Waals surface area contributed by atoms with Crippen LogP contribution in [0.4, 0.5) is 0 Å². The van der Waals surface area contributed by atoms with Crippen LogP contribution in [0, 0.1) is 6.92 Å². The topological polar surface area (TPSA) is 64.1 Å². The fourth-order valence-corrected chi connectivity index (χ4v) is 5.47. The van der Waals surface area contributed by atoms with Gasteiger partial charge in [-0.05, 0) is 51.6 Å². The van der Waals surface area contributed by atoms with E-state index < -0.39 is 0 Å². The minimum Gasteiger partial charge on any atom is -0.315 e. The number of fused-ring (bicyclic) bond motifs is 2. The van der Waals surface area contributed by atoms with Crippen LogP contribution in [-0.2, 0) is 19.5 Å². The maximum absolute atomic E-state index is 4.87. The summed E-state index contributed by atoms with van der Waals surface area (Å²) in [5, 5.41) is 14.8. The van der Waals surface area contributed by atoms with Crippen molar-refractivity contribution in [3.8, 4) is 0 Å². The van der Waals surface area contributed by atoms with Gasteiger partial charge in [-0.25, -0.2) is 9.50 Å². The van der Waals surface area contributed by atoms with Gasteiger partial charge in [-0.3, -0.25) is 4.90 Å². The number of imidazole rings is 1. The Hall–Kier alpha value is -1.80. The number of hydrogen-bond acceptors (Lipinski definition) is 6. The zero-order chi connectivity index (χ0) is 19.3. The molecule has 1 saturated heterocycles. The first-order valence-electron chi connectivity index (χ1n) is 10.6. The van der Waals surface area contributed by atoms with Gasteiger partial charge in [0, 0.05) is 25.4 Å². The van der Waals surface area contributed by atoms with Gasteiger partial charge in [0.05, 0.1) is 11.4 Å². The molecule has 7 nitrogen and oxygen atoms in total. The second-order valence-corrected chi connectivity index (χ2v) is 9.71. The second kappa shape index (κ2) is 7.22. The third-order valence-electron chi connectivity index (χ3n) is 6.19. The van der Waals surface area contributed by atoms with Crippen molar-refractivity contribution in [2.24, 2.45) is 0 Å². The number of hydrogen-bond donors (Lipinski definition) is 0. The molecule has 0 amide bonds. The minimum atomic E-state index is 0.421. The molecule has 1 fully saturated rings. The Balaban J connectivity index is 1.31. The van der Waals surface area contributed by atoms with Crippen molar-refractivity contribution in [3.63, 3.8) is 0 Å². The lowest BCUT2D eigenvalue weighted by atomic mass is 9.95. The number of rotatable bonds is 4. The lowest BCUT2D eigenvalue weighted by Gasteiger charge is -2.32. The van der Waals surface area contributed by atoms with Gasteiger partial charge in [0.25, 0.3) is 0 Å². The van der Waals surface area contributed by atoms with Gasteiger partial charge < -0.3 is 4.57 Å². The molecule has 3 aromatic heterocycles. The summed E-state index contributed by atoms with van der Waals surface area (Å²) in [4.78, 5) is 8.47. The van der Waals surface area contributed by atoms with Crippen molar-refractivity contribution in [1.29, 1.82) is 0 Å². The van der Waals surface area contributed by atoms with Crippen molar-refractivity contribution in [2.75, 3.05) is 13.1 Å². The van der Waals surface area contributed by atoms with Crippen LogP contribution in [0.3, 0.4) is 0 Å². The van der Waals surface area contributed by atoms with Crippen LogP contribution in [0.2, 0.25) is 0 Å². The third kappa shape index (κ3) is 3.16. The van der Waals surface area contributed by atoms with E-state index in [1.165, 1.54) is 35.9 Å². The second-order valence-electron chi connectivity index (χ2n) is 8.55. The number of likely N-dealkylation sites (tertiary alicyclic amines) is 1. The quantitative estimate of drug-likeness (QED) is 0.671. The van der Waals surface area contributed by atoms with E-state index in [1.54, 1.807) is 11.3 Å². The van der Waals surface area contributed by atoms with Gasteiger partial charge in [0.1, 0.15) is 16.7 Å². The van der Waals surface area contributed by atoms with E-state index >= 15 is 0 Å². The number of nitrogens with zero attached hydrogens (tertiary/aromatic N) is 7. The molecule has 0 radical (unpaired) electrons. The Morgan fingerprint density at radius 1 is 1.11 bits per heavy atom. The Morgan fingerprint density at radius 2 is 1.93 bits per heavy atom. The van der Waals surface area contributed by atoms with E-state index in [-0.39, 0.29) is 0 Å². The van der Waals surface area contributed by atoms with Crippen molar-refractivity contribution >= 4 is 16.3 Å². The van der Waals surface area contributed by atoms with Crippen molar-refractivity contribution in [3.05, 3.63) is 28.0 Å². The lowest BCUT2D eigenvalue weighted by Crippen LogP contribution is -2.34. The summed E-state index contributed by atoms with van der Waals surface area (Å²) in [7, 11) is 0. The smallest absolute Gasteiger partial charge is 0.212 e. The first-order chi connectivity index (χ1) is 13.6. The summed E-state index contributed by atoms with van der Waals surface area (Å²) in [6.07, 6.45) is 5.93. The molecule has 0 N–H and O–H groups in total. The van der Waals surface area contributed by atoms with Gasteiger partial charge >= 0.3 is 0 Å². The molecule has 0 spiro atoms. The van der Waals surface area contributed by atoms with E-state index in [2.05, 4.69) is 45.0 Å². The standard InChI is InChI=1S/C20H29N7S/c1-13(2)18-16(27-20(21-18)28-14(3)24-27)12-25-10-7-15(8-11-25)19-23-22-17-6-4-5-9-26(17)19/h13,15H,4-12H2,1-3H3. The minimum absolute atomic E-state index is 0.421. The monoisotopic (exact) mass is 399 g/mol. The molecule has 5 heterocycles. The van der Waals surface area contributed by atoms with Crippen LogP contribution < -0.4 is 0 Å². The molecule has 0 saturated carbocycles.